The second kappa shape index (κ2) is 7.70. The van der Waals surface area contributed by atoms with Gasteiger partial charge in [0.1, 0.15) is 5.82 Å². The third-order valence-electron chi connectivity index (χ3n) is 3.66. The standard InChI is InChI=1S/C16H21FN2O3S/c1-12(14-4-5-14)10-16(20)18-8-9-23(21,22)19-11-13-2-6-15(17)7-3-13/h2-3,6-7,10,14,19H,4-5,8-9,11H2,1H3,(H,18,20)/b12-10+. The molecule has 126 valence electrons. The number of hydrogen-bond acceptors (Lipinski definition) is 3. The van der Waals surface area contributed by atoms with Crippen LogP contribution < -0.4 is 10.0 Å². The second-order valence-corrected chi connectivity index (χ2v) is 7.65. The van der Waals surface area contributed by atoms with Gasteiger partial charge in [0.05, 0.1) is 5.75 Å². The summed E-state index contributed by atoms with van der Waals surface area (Å²) in [5.41, 5.74) is 1.71. The molecule has 0 unspecified atom stereocenters. The highest BCUT2D eigenvalue weighted by atomic mass is 32.2. The van der Waals surface area contributed by atoms with Gasteiger partial charge in [-0.2, -0.15) is 0 Å². The van der Waals surface area contributed by atoms with Crippen molar-refractivity contribution in [3.05, 3.63) is 47.3 Å². The Hall–Kier alpha value is -1.73. The number of amides is 1. The number of carbonyl (C=O) groups excluding carboxylic acids is 1. The van der Waals surface area contributed by atoms with E-state index in [0.29, 0.717) is 11.5 Å². The molecule has 7 heteroatoms. The van der Waals surface area contributed by atoms with E-state index in [-0.39, 0.29) is 30.6 Å². The first-order valence-electron chi connectivity index (χ1n) is 7.53. The van der Waals surface area contributed by atoms with Crippen molar-refractivity contribution in [3.8, 4) is 0 Å². The highest BCUT2D eigenvalue weighted by Crippen LogP contribution is 2.35. The Morgan fingerprint density at radius 2 is 1.96 bits per heavy atom. The topological polar surface area (TPSA) is 75.3 Å². The van der Waals surface area contributed by atoms with Crippen LogP contribution in [0.1, 0.15) is 25.3 Å². The van der Waals surface area contributed by atoms with Crippen molar-refractivity contribution < 1.29 is 17.6 Å². The molecule has 5 nitrogen and oxygen atoms in total. The number of carbonyl (C=O) groups is 1. The van der Waals surface area contributed by atoms with Crippen molar-refractivity contribution in [3.63, 3.8) is 0 Å². The summed E-state index contributed by atoms with van der Waals surface area (Å²) in [6.45, 7) is 2.06. The van der Waals surface area contributed by atoms with Gasteiger partial charge in [0.2, 0.25) is 15.9 Å². The summed E-state index contributed by atoms with van der Waals surface area (Å²) in [6, 6.07) is 5.59. The summed E-state index contributed by atoms with van der Waals surface area (Å²) in [5, 5.41) is 2.57. The lowest BCUT2D eigenvalue weighted by Crippen LogP contribution is -2.33. The fraction of sp³-hybridized carbons (Fsp3) is 0.438. The van der Waals surface area contributed by atoms with E-state index in [2.05, 4.69) is 10.0 Å². The summed E-state index contributed by atoms with van der Waals surface area (Å²) >= 11 is 0. The van der Waals surface area contributed by atoms with E-state index in [0.717, 1.165) is 18.4 Å². The van der Waals surface area contributed by atoms with Crippen molar-refractivity contribution in [2.24, 2.45) is 5.92 Å². The molecular formula is C16H21FN2O3S. The lowest BCUT2D eigenvalue weighted by atomic mass is 10.2. The Bertz CT molecular complexity index is 680. The van der Waals surface area contributed by atoms with E-state index in [1.165, 1.54) is 30.3 Å². The van der Waals surface area contributed by atoms with Gasteiger partial charge >= 0.3 is 0 Å². The zero-order valence-corrected chi connectivity index (χ0v) is 13.8. The van der Waals surface area contributed by atoms with Crippen LogP contribution in [0.25, 0.3) is 0 Å². The molecule has 1 aromatic rings. The first kappa shape index (κ1) is 17.6. The van der Waals surface area contributed by atoms with Crippen LogP contribution in [0.2, 0.25) is 0 Å². The highest BCUT2D eigenvalue weighted by Gasteiger charge is 2.23. The summed E-state index contributed by atoms with van der Waals surface area (Å²) in [7, 11) is -3.50. The minimum absolute atomic E-state index is 0.0476. The molecule has 1 amide bonds. The first-order valence-corrected chi connectivity index (χ1v) is 9.19. The Kier molecular flexibility index (Phi) is 5.90. The van der Waals surface area contributed by atoms with E-state index in [4.69, 9.17) is 0 Å². The van der Waals surface area contributed by atoms with Gasteiger partial charge < -0.3 is 5.32 Å². The minimum atomic E-state index is -3.50. The van der Waals surface area contributed by atoms with Crippen molar-refractivity contribution >= 4 is 15.9 Å². The van der Waals surface area contributed by atoms with Gasteiger partial charge in [-0.05, 0) is 43.4 Å². The molecular weight excluding hydrogens is 319 g/mol. The van der Waals surface area contributed by atoms with Gasteiger partial charge in [-0.3, -0.25) is 4.79 Å². The number of sulfonamides is 1. The first-order chi connectivity index (χ1) is 10.9. The van der Waals surface area contributed by atoms with Crippen LogP contribution in [-0.2, 0) is 21.4 Å². The van der Waals surface area contributed by atoms with Crippen LogP contribution in [0.4, 0.5) is 4.39 Å². The molecule has 0 saturated heterocycles. The SMILES string of the molecule is C/C(=C\C(=O)NCCS(=O)(=O)NCc1ccc(F)cc1)C1CC1. The molecule has 0 radical (unpaired) electrons. The monoisotopic (exact) mass is 340 g/mol. The molecule has 1 aliphatic rings. The fourth-order valence-electron chi connectivity index (χ4n) is 2.09. The molecule has 2 N–H and O–H groups in total. The molecule has 1 fully saturated rings. The molecule has 1 aromatic carbocycles. The van der Waals surface area contributed by atoms with Crippen molar-refractivity contribution in [2.75, 3.05) is 12.3 Å². The normalized spacial score (nSPS) is 15.5. The zero-order chi connectivity index (χ0) is 16.9. The van der Waals surface area contributed by atoms with E-state index < -0.39 is 10.0 Å². The molecule has 0 spiro atoms. The quantitative estimate of drug-likeness (QED) is 0.708. The predicted octanol–water partition coefficient (Wildman–Crippen LogP) is 1.72. The number of nitrogens with one attached hydrogen (secondary N) is 2. The zero-order valence-electron chi connectivity index (χ0n) is 13.0. The Morgan fingerprint density at radius 3 is 2.57 bits per heavy atom. The second-order valence-electron chi connectivity index (χ2n) is 5.72. The van der Waals surface area contributed by atoms with Gasteiger partial charge in [0.25, 0.3) is 0 Å². The molecule has 23 heavy (non-hydrogen) atoms. The highest BCUT2D eigenvalue weighted by molar-refractivity contribution is 7.89. The summed E-state index contributed by atoms with van der Waals surface area (Å²) < 4.78 is 38.9. The van der Waals surface area contributed by atoms with Crippen molar-refractivity contribution in [2.45, 2.75) is 26.3 Å². The van der Waals surface area contributed by atoms with Gasteiger partial charge in [-0.25, -0.2) is 17.5 Å². The van der Waals surface area contributed by atoms with Gasteiger partial charge in [0, 0.05) is 19.2 Å². The van der Waals surface area contributed by atoms with Gasteiger partial charge in [0.15, 0.2) is 0 Å². The molecule has 0 bridgehead atoms. The van der Waals surface area contributed by atoms with E-state index >= 15 is 0 Å². The van der Waals surface area contributed by atoms with E-state index in [9.17, 15) is 17.6 Å². The third kappa shape index (κ3) is 6.50. The average Bonchev–Trinajstić information content (AvgIpc) is 3.31. The molecule has 2 rings (SSSR count). The smallest absolute Gasteiger partial charge is 0.243 e. The predicted molar refractivity (Wildman–Crippen MR) is 86.5 cm³/mol. The van der Waals surface area contributed by atoms with Crippen LogP contribution in [0.3, 0.4) is 0 Å². The van der Waals surface area contributed by atoms with Crippen molar-refractivity contribution in [1.29, 1.82) is 0 Å². The van der Waals surface area contributed by atoms with E-state index in [1.54, 1.807) is 0 Å². The number of benzene rings is 1. The average molecular weight is 340 g/mol. The summed E-state index contributed by atoms with van der Waals surface area (Å²) in [4.78, 5) is 11.6. The maximum absolute atomic E-state index is 12.8. The van der Waals surface area contributed by atoms with Crippen LogP contribution >= 0.6 is 0 Å². The van der Waals surface area contributed by atoms with Crippen LogP contribution in [-0.4, -0.2) is 26.6 Å². The number of rotatable bonds is 8. The van der Waals surface area contributed by atoms with Crippen LogP contribution in [0, 0.1) is 11.7 Å². The Balaban J connectivity index is 1.72. The van der Waals surface area contributed by atoms with Crippen molar-refractivity contribution in [1.82, 2.24) is 10.0 Å². The van der Waals surface area contributed by atoms with Crippen LogP contribution in [0.5, 0.6) is 0 Å². The Morgan fingerprint density at radius 1 is 1.30 bits per heavy atom. The summed E-state index contributed by atoms with van der Waals surface area (Å²) in [6.07, 6.45) is 3.78. The maximum Gasteiger partial charge on any atom is 0.243 e. The maximum atomic E-state index is 12.8. The fourth-order valence-corrected chi connectivity index (χ4v) is 2.99. The molecule has 0 heterocycles. The van der Waals surface area contributed by atoms with Crippen LogP contribution in [0.15, 0.2) is 35.9 Å². The number of hydrogen-bond donors (Lipinski definition) is 2. The van der Waals surface area contributed by atoms with Gasteiger partial charge in [-0.15, -0.1) is 0 Å². The lowest BCUT2D eigenvalue weighted by Gasteiger charge is -2.07. The number of halogens is 1. The lowest BCUT2D eigenvalue weighted by molar-refractivity contribution is -0.116. The third-order valence-corrected chi connectivity index (χ3v) is 4.99. The molecule has 1 aliphatic carbocycles. The molecule has 1 saturated carbocycles. The minimum Gasteiger partial charge on any atom is -0.351 e. The number of allylic oxidation sites excluding steroid dienone is 1. The van der Waals surface area contributed by atoms with E-state index in [1.807, 2.05) is 6.92 Å². The van der Waals surface area contributed by atoms with Gasteiger partial charge in [-0.1, -0.05) is 17.7 Å². The largest absolute Gasteiger partial charge is 0.351 e. The molecule has 0 atom stereocenters. The summed E-state index contributed by atoms with van der Waals surface area (Å²) in [5.74, 6) is -0.310. The molecule has 0 aliphatic heterocycles. The Labute approximate surface area is 136 Å². The molecule has 0 aromatic heterocycles.